The Hall–Kier alpha value is -3.19. The van der Waals surface area contributed by atoms with Crippen LogP contribution in [0.5, 0.6) is 0 Å². The lowest BCUT2D eigenvalue weighted by Gasteiger charge is -2.14. The monoisotopic (exact) mass is 401 g/mol. The van der Waals surface area contributed by atoms with Gasteiger partial charge < -0.3 is 15.6 Å². The maximum Gasteiger partial charge on any atom is 0.259 e. The molecule has 0 radical (unpaired) electrons. The molecule has 8 heteroatoms. The van der Waals surface area contributed by atoms with E-state index in [4.69, 9.17) is 17.3 Å². The average molecular weight is 402 g/mol. The van der Waals surface area contributed by atoms with E-state index in [9.17, 15) is 18.8 Å². The Kier molecular flexibility index (Phi) is 5.46. The fraction of sp³-hybridized carbons (Fsp3) is 0.150. The molecule has 6 nitrogen and oxygen atoms in total. The highest BCUT2D eigenvalue weighted by atomic mass is 35.5. The van der Waals surface area contributed by atoms with Gasteiger partial charge in [-0.25, -0.2) is 4.39 Å². The summed E-state index contributed by atoms with van der Waals surface area (Å²) in [7, 11) is 0. The molecule has 1 unspecified atom stereocenters. The van der Waals surface area contributed by atoms with Gasteiger partial charge in [0.1, 0.15) is 11.9 Å². The number of benzene rings is 2. The number of carbonyl (C=O) groups is 2. The third-order valence-corrected chi connectivity index (χ3v) is 4.71. The van der Waals surface area contributed by atoms with Crippen LogP contribution >= 0.6 is 11.6 Å². The van der Waals surface area contributed by atoms with Gasteiger partial charge in [-0.05, 0) is 42.8 Å². The Balaban J connectivity index is 1.90. The van der Waals surface area contributed by atoms with Crippen LogP contribution in [0.1, 0.15) is 18.5 Å². The highest BCUT2D eigenvalue weighted by molar-refractivity contribution is 6.30. The molecule has 0 aliphatic rings. The number of carbonyl (C=O) groups excluding carboxylic acids is 2. The molecule has 0 saturated carbocycles. The SMILES string of the molecule is CC(C(N)=O)n1ccc2c(NC(=O)Cc3ccc(F)c(Cl)c3)cccc2c1=O. The number of nitrogens with zero attached hydrogens (tertiary/aromatic N) is 1. The van der Waals surface area contributed by atoms with Crippen molar-refractivity contribution >= 4 is 39.9 Å². The van der Waals surface area contributed by atoms with Crippen molar-refractivity contribution in [2.75, 3.05) is 5.32 Å². The van der Waals surface area contributed by atoms with Gasteiger partial charge in [0.05, 0.1) is 11.4 Å². The van der Waals surface area contributed by atoms with E-state index in [1.165, 1.54) is 35.9 Å². The number of pyridine rings is 1. The highest BCUT2D eigenvalue weighted by Gasteiger charge is 2.15. The van der Waals surface area contributed by atoms with Crippen LogP contribution in [0.25, 0.3) is 10.8 Å². The van der Waals surface area contributed by atoms with Gasteiger partial charge in [-0.15, -0.1) is 0 Å². The predicted molar refractivity (Wildman–Crippen MR) is 106 cm³/mol. The van der Waals surface area contributed by atoms with Crippen LogP contribution in [-0.4, -0.2) is 16.4 Å². The van der Waals surface area contributed by atoms with Crippen molar-refractivity contribution in [1.29, 1.82) is 0 Å². The van der Waals surface area contributed by atoms with E-state index >= 15 is 0 Å². The van der Waals surface area contributed by atoms with Crippen molar-refractivity contribution in [2.45, 2.75) is 19.4 Å². The Morgan fingerprint density at radius 1 is 1.21 bits per heavy atom. The van der Waals surface area contributed by atoms with Crippen LogP contribution in [0.15, 0.2) is 53.5 Å². The van der Waals surface area contributed by atoms with Crippen molar-refractivity contribution < 1.29 is 14.0 Å². The zero-order valence-electron chi connectivity index (χ0n) is 14.9. The lowest BCUT2D eigenvalue weighted by Crippen LogP contribution is -2.31. The van der Waals surface area contributed by atoms with Gasteiger partial charge in [-0.2, -0.15) is 0 Å². The van der Waals surface area contributed by atoms with E-state index in [0.29, 0.717) is 22.0 Å². The Bertz CT molecular complexity index is 1140. The number of anilines is 1. The minimum Gasteiger partial charge on any atom is -0.368 e. The number of rotatable bonds is 5. The molecule has 0 aliphatic heterocycles. The standard InChI is InChI=1S/C20H17ClFN3O3/c1-11(19(23)27)25-8-7-13-14(20(25)28)3-2-4-17(13)24-18(26)10-12-5-6-16(22)15(21)9-12/h2-9,11H,10H2,1H3,(H2,23,27)(H,24,26). The van der Waals surface area contributed by atoms with E-state index in [2.05, 4.69) is 5.32 Å². The van der Waals surface area contributed by atoms with Crippen molar-refractivity contribution in [2.24, 2.45) is 5.73 Å². The molecule has 3 N–H and O–H groups in total. The van der Waals surface area contributed by atoms with Crippen LogP contribution < -0.4 is 16.6 Å². The molecule has 2 amide bonds. The molecule has 0 fully saturated rings. The van der Waals surface area contributed by atoms with Crippen molar-refractivity contribution in [3.63, 3.8) is 0 Å². The van der Waals surface area contributed by atoms with Crippen LogP contribution in [-0.2, 0) is 16.0 Å². The molecule has 2 aromatic carbocycles. The maximum absolute atomic E-state index is 13.2. The summed E-state index contributed by atoms with van der Waals surface area (Å²) < 4.78 is 14.5. The number of aromatic nitrogens is 1. The second-order valence-corrected chi connectivity index (χ2v) is 6.75. The first-order valence-electron chi connectivity index (χ1n) is 8.45. The molecule has 144 valence electrons. The number of fused-ring (bicyclic) bond motifs is 1. The summed E-state index contributed by atoms with van der Waals surface area (Å²) in [6, 6.07) is 9.82. The van der Waals surface area contributed by atoms with Crippen molar-refractivity contribution in [3.05, 3.63) is 75.4 Å². The van der Waals surface area contributed by atoms with Gasteiger partial charge in [0, 0.05) is 22.7 Å². The molecule has 0 spiro atoms. The van der Waals surface area contributed by atoms with Crippen LogP contribution in [0, 0.1) is 5.82 Å². The van der Waals surface area contributed by atoms with Gasteiger partial charge in [0.15, 0.2) is 0 Å². The number of nitrogens with one attached hydrogen (secondary N) is 1. The minimum atomic E-state index is -0.793. The van der Waals surface area contributed by atoms with E-state index in [1.807, 2.05) is 0 Å². The second kappa shape index (κ2) is 7.82. The number of primary amides is 1. The summed E-state index contributed by atoms with van der Waals surface area (Å²) >= 11 is 5.74. The predicted octanol–water partition coefficient (Wildman–Crippen LogP) is 3.02. The Labute approximate surface area is 164 Å². The van der Waals surface area contributed by atoms with Crippen LogP contribution in [0.4, 0.5) is 10.1 Å². The number of hydrogen-bond acceptors (Lipinski definition) is 3. The van der Waals surface area contributed by atoms with Crippen molar-refractivity contribution in [3.8, 4) is 0 Å². The molecular formula is C20H17ClFN3O3. The van der Waals surface area contributed by atoms with Crippen LogP contribution in [0.2, 0.25) is 5.02 Å². The first-order chi connectivity index (χ1) is 13.3. The Morgan fingerprint density at radius 2 is 1.96 bits per heavy atom. The fourth-order valence-corrected chi connectivity index (χ4v) is 3.08. The summed E-state index contributed by atoms with van der Waals surface area (Å²) in [5.41, 5.74) is 5.91. The summed E-state index contributed by atoms with van der Waals surface area (Å²) in [6.45, 7) is 1.54. The number of halogens is 2. The number of nitrogens with two attached hydrogens (primary N) is 1. The average Bonchev–Trinajstić information content (AvgIpc) is 2.65. The van der Waals surface area contributed by atoms with E-state index in [-0.39, 0.29) is 22.9 Å². The van der Waals surface area contributed by atoms with E-state index in [1.54, 1.807) is 24.3 Å². The molecule has 1 atom stereocenters. The first-order valence-corrected chi connectivity index (χ1v) is 8.82. The minimum absolute atomic E-state index is 0.00778. The van der Waals surface area contributed by atoms with E-state index < -0.39 is 17.8 Å². The third-order valence-electron chi connectivity index (χ3n) is 4.42. The topological polar surface area (TPSA) is 94.2 Å². The lowest BCUT2D eigenvalue weighted by atomic mass is 10.1. The zero-order valence-corrected chi connectivity index (χ0v) is 15.7. The summed E-state index contributed by atoms with van der Waals surface area (Å²) in [5.74, 6) is -1.52. The van der Waals surface area contributed by atoms with E-state index in [0.717, 1.165) is 0 Å². The largest absolute Gasteiger partial charge is 0.368 e. The molecule has 3 rings (SSSR count). The molecule has 1 aromatic heterocycles. The fourth-order valence-electron chi connectivity index (χ4n) is 2.87. The van der Waals surface area contributed by atoms with Gasteiger partial charge in [-0.3, -0.25) is 14.4 Å². The maximum atomic E-state index is 13.2. The van der Waals surface area contributed by atoms with Gasteiger partial charge in [0.2, 0.25) is 11.8 Å². The quantitative estimate of drug-likeness (QED) is 0.688. The molecule has 3 aromatic rings. The smallest absolute Gasteiger partial charge is 0.259 e. The zero-order chi connectivity index (χ0) is 20.4. The van der Waals surface area contributed by atoms with Gasteiger partial charge >= 0.3 is 0 Å². The van der Waals surface area contributed by atoms with Crippen LogP contribution in [0.3, 0.4) is 0 Å². The summed E-state index contributed by atoms with van der Waals surface area (Å²) in [5, 5.41) is 3.57. The molecule has 0 aliphatic carbocycles. The Morgan fingerprint density at radius 3 is 2.64 bits per heavy atom. The molecule has 0 bridgehead atoms. The lowest BCUT2D eigenvalue weighted by molar-refractivity contribution is -0.120. The molecule has 0 saturated heterocycles. The highest BCUT2D eigenvalue weighted by Crippen LogP contribution is 2.22. The number of hydrogen-bond donors (Lipinski definition) is 2. The second-order valence-electron chi connectivity index (χ2n) is 6.35. The molecule has 1 heterocycles. The van der Waals surface area contributed by atoms with Crippen molar-refractivity contribution in [1.82, 2.24) is 4.57 Å². The van der Waals surface area contributed by atoms with Gasteiger partial charge in [-0.1, -0.05) is 23.7 Å². The molecule has 28 heavy (non-hydrogen) atoms. The normalized spacial score (nSPS) is 12.0. The number of amides is 2. The third kappa shape index (κ3) is 3.89. The summed E-state index contributed by atoms with van der Waals surface area (Å²) in [6.07, 6.45) is 1.46. The summed E-state index contributed by atoms with van der Waals surface area (Å²) in [4.78, 5) is 36.4. The van der Waals surface area contributed by atoms with Gasteiger partial charge in [0.25, 0.3) is 5.56 Å². The molecular weight excluding hydrogens is 385 g/mol. The first kappa shape index (κ1) is 19.6.